The fourth-order valence-electron chi connectivity index (χ4n) is 3.55. The summed E-state index contributed by atoms with van der Waals surface area (Å²) in [7, 11) is 1.19. The molecule has 0 bridgehead atoms. The first kappa shape index (κ1) is 19.2. The van der Waals surface area contributed by atoms with Crippen molar-refractivity contribution >= 4 is 18.5 Å². The van der Waals surface area contributed by atoms with Gasteiger partial charge in [0.25, 0.3) is 0 Å². The summed E-state index contributed by atoms with van der Waals surface area (Å²) in [5.41, 5.74) is 1.01. The number of carbonyl (C=O) groups is 1. The lowest BCUT2D eigenvalue weighted by molar-refractivity contribution is -0.121. The Morgan fingerprint density at radius 3 is 2.38 bits per heavy atom. The monoisotopic (exact) mass is 359 g/mol. The molecule has 2 fully saturated rings. The molecule has 1 aromatic carbocycles. The molecule has 1 saturated carbocycles. The van der Waals surface area contributed by atoms with Crippen molar-refractivity contribution in [3.63, 3.8) is 0 Å². The van der Waals surface area contributed by atoms with Crippen molar-refractivity contribution in [2.75, 3.05) is 7.11 Å². The van der Waals surface area contributed by atoms with Crippen LogP contribution in [0.1, 0.15) is 58.9 Å². The van der Waals surface area contributed by atoms with Crippen molar-refractivity contribution in [1.29, 1.82) is 0 Å². The number of hydrogen-bond donors (Lipinski definition) is 1. The van der Waals surface area contributed by atoms with E-state index in [2.05, 4.69) is 5.32 Å². The first-order valence-electron chi connectivity index (χ1n) is 9.54. The molecule has 0 aromatic heterocycles. The summed E-state index contributed by atoms with van der Waals surface area (Å²) < 4.78 is 17.7. The summed E-state index contributed by atoms with van der Waals surface area (Å²) in [6.07, 6.45) is 4.91. The van der Waals surface area contributed by atoms with E-state index >= 15 is 0 Å². The van der Waals surface area contributed by atoms with Crippen LogP contribution in [0.2, 0.25) is 0 Å². The van der Waals surface area contributed by atoms with Crippen LogP contribution in [0.15, 0.2) is 18.2 Å². The fourth-order valence-corrected chi connectivity index (χ4v) is 3.55. The molecule has 1 saturated heterocycles. The largest absolute Gasteiger partial charge is 0.496 e. The van der Waals surface area contributed by atoms with Crippen LogP contribution in [0, 0.1) is 0 Å². The normalized spacial score (nSPS) is 21.8. The minimum absolute atomic E-state index is 0.0542. The third kappa shape index (κ3) is 3.91. The Hall–Kier alpha value is -1.53. The second kappa shape index (κ2) is 7.24. The lowest BCUT2D eigenvalue weighted by Gasteiger charge is -2.32. The van der Waals surface area contributed by atoms with Crippen LogP contribution >= 0.6 is 0 Å². The van der Waals surface area contributed by atoms with E-state index in [1.807, 2.05) is 45.9 Å². The van der Waals surface area contributed by atoms with Gasteiger partial charge in [-0.3, -0.25) is 4.79 Å². The molecule has 6 heteroatoms. The fraction of sp³-hybridized carbons (Fsp3) is 0.650. The highest BCUT2D eigenvalue weighted by Gasteiger charge is 2.51. The van der Waals surface area contributed by atoms with Crippen molar-refractivity contribution in [2.24, 2.45) is 0 Å². The van der Waals surface area contributed by atoms with Crippen molar-refractivity contribution in [1.82, 2.24) is 5.32 Å². The maximum absolute atomic E-state index is 12.3. The molecule has 1 heterocycles. The Balaban J connectivity index is 1.71. The first-order valence-corrected chi connectivity index (χ1v) is 9.54. The minimum atomic E-state index is -0.435. The lowest BCUT2D eigenvalue weighted by Crippen LogP contribution is -2.41. The quantitative estimate of drug-likeness (QED) is 0.821. The van der Waals surface area contributed by atoms with Crippen LogP contribution in [0.3, 0.4) is 0 Å². The van der Waals surface area contributed by atoms with E-state index in [-0.39, 0.29) is 17.1 Å². The van der Waals surface area contributed by atoms with Gasteiger partial charge < -0.3 is 19.4 Å². The summed E-state index contributed by atoms with van der Waals surface area (Å²) in [5, 5.41) is 3.13. The van der Waals surface area contributed by atoms with Crippen LogP contribution in [-0.4, -0.2) is 37.4 Å². The molecule has 0 radical (unpaired) electrons. The van der Waals surface area contributed by atoms with Gasteiger partial charge in [-0.25, -0.2) is 0 Å². The van der Waals surface area contributed by atoms with Crippen LogP contribution < -0.4 is 15.5 Å². The van der Waals surface area contributed by atoms with Crippen LogP contribution in [0.25, 0.3) is 0 Å². The lowest BCUT2D eigenvalue weighted by atomic mass is 9.78. The maximum atomic E-state index is 12.3. The summed E-state index contributed by atoms with van der Waals surface area (Å²) in [6.45, 7) is 8.13. The van der Waals surface area contributed by atoms with E-state index in [0.29, 0.717) is 18.2 Å². The van der Waals surface area contributed by atoms with Crippen molar-refractivity contribution < 1.29 is 18.8 Å². The Labute approximate surface area is 156 Å². The first-order chi connectivity index (χ1) is 12.2. The standard InChI is InChI=1S/C20H30BNO4/c1-19(2)20(3,4)26-21(25-19)15-11-10-14(17(13-15)24-5)12-18(23)22-16-8-6-7-9-16/h10-11,13,16H,6-9,12H2,1-5H3,(H,22,23). The molecule has 0 unspecified atom stereocenters. The van der Waals surface area contributed by atoms with Gasteiger partial charge in [0.2, 0.25) is 5.91 Å². The third-order valence-corrected chi connectivity index (χ3v) is 5.91. The zero-order chi connectivity index (χ0) is 18.9. The molecule has 2 aliphatic rings. The predicted octanol–water partition coefficient (Wildman–Crippen LogP) is 2.60. The van der Waals surface area contributed by atoms with Crippen molar-refractivity contribution in [3.05, 3.63) is 23.8 Å². The second-order valence-electron chi connectivity index (χ2n) is 8.39. The molecule has 26 heavy (non-hydrogen) atoms. The second-order valence-corrected chi connectivity index (χ2v) is 8.39. The number of amides is 1. The van der Waals surface area contributed by atoms with Gasteiger partial charge in [0.15, 0.2) is 0 Å². The number of ether oxygens (including phenoxy) is 1. The van der Waals surface area contributed by atoms with Gasteiger partial charge >= 0.3 is 7.12 Å². The highest BCUT2D eigenvalue weighted by atomic mass is 16.7. The number of nitrogens with one attached hydrogen (secondary N) is 1. The van der Waals surface area contributed by atoms with Gasteiger partial charge in [-0.2, -0.15) is 0 Å². The van der Waals surface area contributed by atoms with Crippen molar-refractivity contribution in [3.8, 4) is 5.75 Å². The summed E-state index contributed by atoms with van der Waals surface area (Å²) in [4.78, 5) is 12.3. The molecule has 0 atom stereocenters. The molecule has 1 aromatic rings. The zero-order valence-electron chi connectivity index (χ0n) is 16.6. The molecule has 1 amide bonds. The number of rotatable bonds is 5. The van der Waals surface area contributed by atoms with Gasteiger partial charge in [0, 0.05) is 11.6 Å². The molecule has 1 N–H and O–H groups in total. The highest BCUT2D eigenvalue weighted by Crippen LogP contribution is 2.36. The summed E-state index contributed by atoms with van der Waals surface area (Å²) in [6, 6.07) is 6.15. The SMILES string of the molecule is COc1cc(B2OC(C)(C)C(C)(C)O2)ccc1CC(=O)NC1CCCC1. The Bertz CT molecular complexity index is 652. The minimum Gasteiger partial charge on any atom is -0.496 e. The average molecular weight is 359 g/mol. The molecule has 0 spiro atoms. The van der Waals surface area contributed by atoms with Crippen molar-refractivity contribution in [2.45, 2.75) is 77.0 Å². The van der Waals surface area contributed by atoms with E-state index in [1.54, 1.807) is 7.11 Å². The van der Waals surface area contributed by atoms with Gasteiger partial charge in [-0.05, 0) is 52.1 Å². The smallest absolute Gasteiger partial charge is 0.494 e. The topological polar surface area (TPSA) is 56.8 Å². The summed E-state index contributed by atoms with van der Waals surface area (Å²) >= 11 is 0. The highest BCUT2D eigenvalue weighted by molar-refractivity contribution is 6.62. The number of hydrogen-bond acceptors (Lipinski definition) is 4. The Kier molecular flexibility index (Phi) is 5.36. The van der Waals surface area contributed by atoms with E-state index in [9.17, 15) is 4.79 Å². The predicted molar refractivity (Wildman–Crippen MR) is 103 cm³/mol. The molecular formula is C20H30BNO4. The van der Waals surface area contributed by atoms with E-state index in [4.69, 9.17) is 14.0 Å². The van der Waals surface area contributed by atoms with Gasteiger partial charge in [0.05, 0.1) is 24.7 Å². The molecule has 1 aliphatic carbocycles. The maximum Gasteiger partial charge on any atom is 0.494 e. The molecule has 5 nitrogen and oxygen atoms in total. The number of methoxy groups -OCH3 is 1. The van der Waals surface area contributed by atoms with E-state index in [0.717, 1.165) is 23.9 Å². The van der Waals surface area contributed by atoms with E-state index in [1.165, 1.54) is 12.8 Å². The summed E-state index contributed by atoms with van der Waals surface area (Å²) in [5.74, 6) is 0.748. The molecular weight excluding hydrogens is 329 g/mol. The van der Waals surface area contributed by atoms with Gasteiger partial charge in [0.1, 0.15) is 5.75 Å². The van der Waals surface area contributed by atoms with Crippen LogP contribution in [0.4, 0.5) is 0 Å². The average Bonchev–Trinajstić information content (AvgIpc) is 3.13. The number of benzene rings is 1. The Morgan fingerprint density at radius 1 is 1.19 bits per heavy atom. The Morgan fingerprint density at radius 2 is 1.81 bits per heavy atom. The van der Waals surface area contributed by atoms with Gasteiger partial charge in [-0.1, -0.05) is 25.0 Å². The third-order valence-electron chi connectivity index (χ3n) is 5.91. The molecule has 3 rings (SSSR count). The van der Waals surface area contributed by atoms with Crippen LogP contribution in [0.5, 0.6) is 5.75 Å². The molecule has 142 valence electrons. The van der Waals surface area contributed by atoms with Gasteiger partial charge in [-0.15, -0.1) is 0 Å². The van der Waals surface area contributed by atoms with E-state index < -0.39 is 7.12 Å². The zero-order valence-corrected chi connectivity index (χ0v) is 16.6. The molecule has 1 aliphatic heterocycles. The number of carbonyl (C=O) groups excluding carboxylic acids is 1. The van der Waals surface area contributed by atoms with Crippen LogP contribution in [-0.2, 0) is 20.5 Å².